The van der Waals surface area contributed by atoms with Gasteiger partial charge in [0.2, 0.25) is 0 Å². The first kappa shape index (κ1) is 10.8. The van der Waals surface area contributed by atoms with E-state index in [1.165, 1.54) is 25.9 Å². The monoisotopic (exact) mass is 216 g/mol. The second-order valence-electron chi connectivity index (χ2n) is 4.09. The van der Waals surface area contributed by atoms with E-state index < -0.39 is 0 Å². The maximum absolute atomic E-state index is 5.38. The molecule has 0 bridgehead atoms. The van der Waals surface area contributed by atoms with E-state index in [1.807, 2.05) is 0 Å². The molecule has 2 rings (SSSR count). The molecule has 1 atom stereocenters. The van der Waals surface area contributed by atoms with Crippen molar-refractivity contribution < 1.29 is 4.74 Å². The second-order valence-corrected chi connectivity index (χ2v) is 5.17. The van der Waals surface area contributed by atoms with Crippen LogP contribution in [0, 0.1) is 0 Å². The molecule has 2 heterocycles. The van der Waals surface area contributed by atoms with Crippen LogP contribution in [0.3, 0.4) is 0 Å². The molecule has 1 unspecified atom stereocenters. The molecule has 0 saturated carbocycles. The molecule has 0 aromatic heterocycles. The van der Waals surface area contributed by atoms with Gasteiger partial charge in [-0.05, 0) is 19.5 Å². The Kier molecular flexibility index (Phi) is 4.18. The van der Waals surface area contributed by atoms with Crippen molar-refractivity contribution in [3.8, 4) is 0 Å². The smallest absolute Gasteiger partial charge is 0.0594 e. The zero-order chi connectivity index (χ0) is 9.80. The second kappa shape index (κ2) is 5.41. The topological polar surface area (TPSA) is 15.7 Å². The van der Waals surface area contributed by atoms with Crippen LogP contribution in [-0.4, -0.2) is 61.7 Å². The quantitative estimate of drug-likeness (QED) is 0.641. The van der Waals surface area contributed by atoms with E-state index >= 15 is 0 Å². The highest BCUT2D eigenvalue weighted by molar-refractivity contribution is 7.34. The average Bonchev–Trinajstić information content (AvgIpc) is 2.30. The Balaban J connectivity index is 1.76. The summed E-state index contributed by atoms with van der Waals surface area (Å²) in [5.41, 5.74) is 0. The summed E-state index contributed by atoms with van der Waals surface area (Å²) in [5, 5.41) is 0. The van der Waals surface area contributed by atoms with Gasteiger partial charge in [0.15, 0.2) is 0 Å². The van der Waals surface area contributed by atoms with Crippen LogP contribution in [-0.2, 0) is 4.74 Å². The van der Waals surface area contributed by atoms with Crippen molar-refractivity contribution in [1.82, 2.24) is 9.57 Å². The minimum absolute atomic E-state index is 0.839. The predicted octanol–water partition coefficient (Wildman–Crippen LogP) is 1.01. The van der Waals surface area contributed by atoms with Gasteiger partial charge in [-0.3, -0.25) is 9.57 Å². The summed E-state index contributed by atoms with van der Waals surface area (Å²) >= 11 is 0. The molecule has 0 radical (unpaired) electrons. The van der Waals surface area contributed by atoms with Crippen LogP contribution in [0.5, 0.6) is 0 Å². The third-order valence-electron chi connectivity index (χ3n) is 3.34. The highest BCUT2D eigenvalue weighted by atomic mass is 31.1. The number of nitrogens with zero attached hydrogens (tertiary/aromatic N) is 2. The Bertz CT molecular complexity index is 166. The van der Waals surface area contributed by atoms with Gasteiger partial charge in [0.1, 0.15) is 0 Å². The van der Waals surface area contributed by atoms with Crippen LogP contribution in [0.25, 0.3) is 0 Å². The predicted molar refractivity (Wildman–Crippen MR) is 61.2 cm³/mol. The lowest BCUT2D eigenvalue weighted by Gasteiger charge is -2.39. The number of morpholine rings is 1. The highest BCUT2D eigenvalue weighted by Crippen LogP contribution is 2.23. The van der Waals surface area contributed by atoms with Crippen molar-refractivity contribution in [3.05, 3.63) is 0 Å². The zero-order valence-electron chi connectivity index (χ0n) is 9.04. The molecular formula is C10H21N2OP. The summed E-state index contributed by atoms with van der Waals surface area (Å²) in [5.74, 6) is 0. The third kappa shape index (κ3) is 2.66. The van der Waals surface area contributed by atoms with Gasteiger partial charge in [0.05, 0.1) is 13.2 Å². The molecule has 0 spiro atoms. The highest BCUT2D eigenvalue weighted by Gasteiger charge is 2.24. The van der Waals surface area contributed by atoms with Crippen molar-refractivity contribution in [2.45, 2.75) is 18.9 Å². The maximum atomic E-state index is 5.38. The third-order valence-corrected chi connectivity index (χ3v) is 4.42. The van der Waals surface area contributed by atoms with Gasteiger partial charge in [-0.1, -0.05) is 8.73 Å². The van der Waals surface area contributed by atoms with Crippen LogP contribution in [0.1, 0.15) is 12.8 Å². The lowest BCUT2D eigenvalue weighted by atomic mass is 10.0. The molecule has 0 aliphatic carbocycles. The van der Waals surface area contributed by atoms with Crippen molar-refractivity contribution in [1.29, 1.82) is 0 Å². The summed E-state index contributed by atoms with van der Waals surface area (Å²) in [7, 11) is 0.996. The summed E-state index contributed by atoms with van der Waals surface area (Å²) in [6.45, 7) is 9.08. The van der Waals surface area contributed by atoms with E-state index in [9.17, 15) is 0 Å². The largest absolute Gasteiger partial charge is 0.379 e. The fourth-order valence-electron chi connectivity index (χ4n) is 2.40. The van der Waals surface area contributed by atoms with Gasteiger partial charge in [-0.2, -0.15) is 0 Å². The van der Waals surface area contributed by atoms with E-state index in [-0.39, 0.29) is 0 Å². The first-order valence-electron chi connectivity index (χ1n) is 5.64. The van der Waals surface area contributed by atoms with Crippen LogP contribution in [0.2, 0.25) is 0 Å². The van der Waals surface area contributed by atoms with Crippen molar-refractivity contribution in [2.75, 3.05) is 46.1 Å². The normalized spacial score (nSPS) is 28.9. The SMILES string of the molecule is CPN1CCC(N2CCOCC2)CC1. The molecule has 0 amide bonds. The Morgan fingerprint density at radius 3 is 2.29 bits per heavy atom. The van der Waals surface area contributed by atoms with Crippen molar-refractivity contribution in [3.63, 3.8) is 0 Å². The maximum Gasteiger partial charge on any atom is 0.0594 e. The van der Waals surface area contributed by atoms with Gasteiger partial charge in [0.25, 0.3) is 0 Å². The van der Waals surface area contributed by atoms with Crippen LogP contribution < -0.4 is 0 Å². The molecule has 2 saturated heterocycles. The van der Waals surface area contributed by atoms with E-state index in [2.05, 4.69) is 16.2 Å². The summed E-state index contributed by atoms with van der Waals surface area (Å²) < 4.78 is 7.96. The van der Waals surface area contributed by atoms with E-state index in [0.29, 0.717) is 0 Å². The van der Waals surface area contributed by atoms with Crippen molar-refractivity contribution in [2.24, 2.45) is 0 Å². The molecule has 82 valence electrons. The number of ether oxygens (including phenoxy) is 1. The summed E-state index contributed by atoms with van der Waals surface area (Å²) in [6, 6.07) is 0.839. The summed E-state index contributed by atoms with van der Waals surface area (Å²) in [4.78, 5) is 2.62. The molecule has 14 heavy (non-hydrogen) atoms. The number of hydrogen-bond donors (Lipinski definition) is 0. The minimum Gasteiger partial charge on any atom is -0.379 e. The molecule has 2 aliphatic heterocycles. The molecule has 0 aromatic carbocycles. The molecular weight excluding hydrogens is 195 g/mol. The van der Waals surface area contributed by atoms with E-state index in [4.69, 9.17) is 4.74 Å². The Morgan fingerprint density at radius 1 is 1.07 bits per heavy atom. The van der Waals surface area contributed by atoms with Gasteiger partial charge in [-0.25, -0.2) is 0 Å². The molecule has 0 N–H and O–H groups in total. The molecule has 3 nitrogen and oxygen atoms in total. The van der Waals surface area contributed by atoms with Gasteiger partial charge in [-0.15, -0.1) is 0 Å². The van der Waals surface area contributed by atoms with Crippen LogP contribution in [0.4, 0.5) is 0 Å². The number of hydrogen-bond acceptors (Lipinski definition) is 3. The standard InChI is InChI=1S/C10H21N2OP/c1-14-12-4-2-10(3-5-12)11-6-8-13-9-7-11/h10,14H,2-9H2,1H3. The van der Waals surface area contributed by atoms with Gasteiger partial charge >= 0.3 is 0 Å². The minimum atomic E-state index is 0.839. The van der Waals surface area contributed by atoms with Gasteiger partial charge < -0.3 is 4.74 Å². The first-order chi connectivity index (χ1) is 6.90. The Hall–Kier alpha value is 0.310. The van der Waals surface area contributed by atoms with Gasteiger partial charge in [0, 0.05) is 32.2 Å². The van der Waals surface area contributed by atoms with E-state index in [0.717, 1.165) is 41.1 Å². The molecule has 2 aliphatic rings. The molecule has 2 fully saturated rings. The number of piperidine rings is 1. The Morgan fingerprint density at radius 2 is 1.71 bits per heavy atom. The van der Waals surface area contributed by atoms with Crippen molar-refractivity contribution >= 4 is 8.73 Å². The number of rotatable bonds is 2. The summed E-state index contributed by atoms with van der Waals surface area (Å²) in [6.07, 6.45) is 2.72. The molecule has 4 heteroatoms. The lowest BCUT2D eigenvalue weighted by molar-refractivity contribution is 0.00643. The first-order valence-corrected chi connectivity index (χ1v) is 7.09. The lowest BCUT2D eigenvalue weighted by Crippen LogP contribution is -2.47. The fraction of sp³-hybridized carbons (Fsp3) is 1.00. The fourth-order valence-corrected chi connectivity index (χ4v) is 3.10. The Labute approximate surface area is 88.6 Å². The molecule has 0 aromatic rings. The van der Waals surface area contributed by atoms with E-state index in [1.54, 1.807) is 0 Å². The average molecular weight is 216 g/mol. The van der Waals surface area contributed by atoms with Crippen LogP contribution in [0.15, 0.2) is 0 Å². The van der Waals surface area contributed by atoms with Crippen LogP contribution >= 0.6 is 8.73 Å². The zero-order valence-corrected chi connectivity index (χ0v) is 10.0.